The first-order valence-electron chi connectivity index (χ1n) is 11.3. The Morgan fingerprint density at radius 1 is 0.967 bits per heavy atom. The van der Waals surface area contributed by atoms with Gasteiger partial charge in [0.15, 0.2) is 0 Å². The predicted octanol–water partition coefficient (Wildman–Crippen LogP) is 4.24. The van der Waals surface area contributed by atoms with Gasteiger partial charge in [-0.15, -0.1) is 11.3 Å². The number of rotatable bonds is 3. The normalized spacial score (nSPS) is 26.5. The Bertz CT molecular complexity index is 913. The zero-order chi connectivity index (χ0) is 20.5. The fourth-order valence-electron chi connectivity index (χ4n) is 5.54. The number of thiazole rings is 1. The van der Waals surface area contributed by atoms with Gasteiger partial charge >= 0.3 is 0 Å². The molecular formula is C24H29N3O2S. The molecule has 0 spiro atoms. The summed E-state index contributed by atoms with van der Waals surface area (Å²) in [5, 5.41) is 3.15. The molecule has 2 aliphatic heterocycles. The van der Waals surface area contributed by atoms with Crippen LogP contribution in [0.15, 0.2) is 35.8 Å². The smallest absolute Gasteiger partial charge is 0.230 e. The minimum Gasteiger partial charge on any atom is -0.342 e. The SMILES string of the molecule is O=C(C1CCCCC1C(=O)N1CCc2ccccc21)N1CCCC(c2nccs2)C1. The Morgan fingerprint density at radius 3 is 2.57 bits per heavy atom. The van der Waals surface area contributed by atoms with Crippen LogP contribution in [0.25, 0.3) is 0 Å². The molecule has 1 aromatic heterocycles. The first kappa shape index (κ1) is 19.7. The highest BCUT2D eigenvalue weighted by atomic mass is 32.1. The van der Waals surface area contributed by atoms with Crippen molar-refractivity contribution in [1.82, 2.24) is 9.88 Å². The van der Waals surface area contributed by atoms with Crippen LogP contribution in [0.1, 0.15) is 55.0 Å². The van der Waals surface area contributed by atoms with E-state index < -0.39 is 0 Å². The molecular weight excluding hydrogens is 394 g/mol. The van der Waals surface area contributed by atoms with Gasteiger partial charge < -0.3 is 9.80 Å². The van der Waals surface area contributed by atoms with Crippen molar-refractivity contribution < 1.29 is 9.59 Å². The quantitative estimate of drug-likeness (QED) is 0.742. The van der Waals surface area contributed by atoms with E-state index in [0.29, 0.717) is 5.92 Å². The van der Waals surface area contributed by atoms with Gasteiger partial charge in [-0.2, -0.15) is 0 Å². The molecule has 1 aromatic carbocycles. The van der Waals surface area contributed by atoms with Gasteiger partial charge in [0.1, 0.15) is 0 Å². The fraction of sp³-hybridized carbons (Fsp3) is 0.542. The lowest BCUT2D eigenvalue weighted by Gasteiger charge is -2.38. The van der Waals surface area contributed by atoms with Crippen molar-refractivity contribution in [2.24, 2.45) is 11.8 Å². The van der Waals surface area contributed by atoms with Crippen molar-refractivity contribution in [1.29, 1.82) is 0 Å². The minimum absolute atomic E-state index is 0.159. The van der Waals surface area contributed by atoms with E-state index in [9.17, 15) is 9.59 Å². The van der Waals surface area contributed by atoms with Crippen LogP contribution in [0.3, 0.4) is 0 Å². The molecule has 3 aliphatic rings. The van der Waals surface area contributed by atoms with Crippen molar-refractivity contribution in [2.75, 3.05) is 24.5 Å². The molecule has 1 saturated carbocycles. The third-order valence-electron chi connectivity index (χ3n) is 7.09. The maximum atomic E-state index is 13.6. The van der Waals surface area contributed by atoms with Crippen molar-refractivity contribution in [2.45, 2.75) is 50.9 Å². The number of benzene rings is 1. The van der Waals surface area contributed by atoms with E-state index in [4.69, 9.17) is 0 Å². The molecule has 3 atom stereocenters. The van der Waals surface area contributed by atoms with E-state index in [1.165, 1.54) is 5.56 Å². The number of hydrogen-bond donors (Lipinski definition) is 0. The van der Waals surface area contributed by atoms with Crippen molar-refractivity contribution in [3.05, 3.63) is 46.4 Å². The molecule has 3 heterocycles. The van der Waals surface area contributed by atoms with Crippen LogP contribution in [0.2, 0.25) is 0 Å². The molecule has 5 nitrogen and oxygen atoms in total. The van der Waals surface area contributed by atoms with Crippen LogP contribution in [-0.4, -0.2) is 41.3 Å². The van der Waals surface area contributed by atoms with Gasteiger partial charge in [0.05, 0.1) is 10.9 Å². The molecule has 0 bridgehead atoms. The van der Waals surface area contributed by atoms with Crippen molar-refractivity contribution in [3.8, 4) is 0 Å². The average Bonchev–Trinajstić information content (AvgIpc) is 3.48. The van der Waals surface area contributed by atoms with Gasteiger partial charge in [-0.1, -0.05) is 31.0 Å². The molecule has 0 radical (unpaired) electrons. The number of carbonyl (C=O) groups is 2. The maximum Gasteiger partial charge on any atom is 0.230 e. The van der Waals surface area contributed by atoms with Gasteiger partial charge in [-0.25, -0.2) is 4.98 Å². The zero-order valence-electron chi connectivity index (χ0n) is 17.3. The van der Waals surface area contributed by atoms with E-state index in [0.717, 1.165) is 75.3 Å². The van der Waals surface area contributed by atoms with E-state index >= 15 is 0 Å². The molecule has 5 rings (SSSR count). The molecule has 2 amide bonds. The molecule has 6 heteroatoms. The van der Waals surface area contributed by atoms with Gasteiger partial charge in [0, 0.05) is 48.7 Å². The summed E-state index contributed by atoms with van der Waals surface area (Å²) in [6.45, 7) is 2.30. The summed E-state index contributed by atoms with van der Waals surface area (Å²) in [5.74, 6) is 0.339. The van der Waals surface area contributed by atoms with Gasteiger partial charge in [-0.3, -0.25) is 9.59 Å². The van der Waals surface area contributed by atoms with Crippen molar-refractivity contribution in [3.63, 3.8) is 0 Å². The molecule has 1 saturated heterocycles. The number of aromatic nitrogens is 1. The lowest BCUT2D eigenvalue weighted by atomic mass is 9.77. The highest BCUT2D eigenvalue weighted by molar-refractivity contribution is 7.09. The minimum atomic E-state index is -0.183. The third-order valence-corrected chi connectivity index (χ3v) is 8.03. The molecule has 30 heavy (non-hydrogen) atoms. The van der Waals surface area contributed by atoms with Gasteiger partial charge in [0.2, 0.25) is 11.8 Å². The third kappa shape index (κ3) is 3.66. The second kappa shape index (κ2) is 8.50. The summed E-state index contributed by atoms with van der Waals surface area (Å²) in [4.78, 5) is 35.6. The van der Waals surface area contributed by atoms with E-state index in [1.54, 1.807) is 11.3 Å². The molecule has 3 unspecified atom stereocenters. The number of hydrogen-bond acceptors (Lipinski definition) is 4. The summed E-state index contributed by atoms with van der Waals surface area (Å²) in [7, 11) is 0. The maximum absolute atomic E-state index is 13.6. The number of fused-ring (bicyclic) bond motifs is 1. The largest absolute Gasteiger partial charge is 0.342 e. The van der Waals surface area contributed by atoms with Crippen LogP contribution in [0, 0.1) is 11.8 Å². The summed E-state index contributed by atoms with van der Waals surface area (Å²) in [6.07, 6.45) is 8.62. The summed E-state index contributed by atoms with van der Waals surface area (Å²) in [6, 6.07) is 8.19. The lowest BCUT2D eigenvalue weighted by molar-refractivity contribution is -0.143. The number of para-hydroxylation sites is 1. The van der Waals surface area contributed by atoms with Crippen LogP contribution in [0.5, 0.6) is 0 Å². The Labute approximate surface area is 182 Å². The molecule has 158 valence electrons. The highest BCUT2D eigenvalue weighted by Crippen LogP contribution is 2.38. The molecule has 2 aromatic rings. The van der Waals surface area contributed by atoms with Crippen molar-refractivity contribution >= 4 is 28.8 Å². The molecule has 1 aliphatic carbocycles. The Hall–Kier alpha value is -2.21. The van der Waals surface area contributed by atoms with E-state index in [1.807, 2.05) is 39.6 Å². The number of carbonyl (C=O) groups excluding carboxylic acids is 2. The first-order chi connectivity index (χ1) is 14.7. The lowest BCUT2D eigenvalue weighted by Crippen LogP contribution is -2.48. The van der Waals surface area contributed by atoms with E-state index in [2.05, 4.69) is 11.1 Å². The number of piperidine rings is 1. The van der Waals surface area contributed by atoms with E-state index in [-0.39, 0.29) is 23.7 Å². The standard InChI is InChI=1S/C24H29N3O2S/c28-23(26-13-5-7-18(16-26)22-25-12-15-30-22)19-8-2-3-9-20(19)24(29)27-14-11-17-6-1-4-10-21(17)27/h1,4,6,10,12,15,18-20H,2-3,5,7-9,11,13-14,16H2. The Balaban J connectivity index is 1.32. The van der Waals surface area contributed by atoms with Crippen LogP contribution < -0.4 is 4.90 Å². The number of nitrogens with zero attached hydrogens (tertiary/aromatic N) is 3. The summed E-state index contributed by atoms with van der Waals surface area (Å²) >= 11 is 1.68. The van der Waals surface area contributed by atoms with Crippen LogP contribution in [-0.2, 0) is 16.0 Å². The van der Waals surface area contributed by atoms with Gasteiger partial charge in [-0.05, 0) is 43.7 Å². The van der Waals surface area contributed by atoms with Crippen LogP contribution >= 0.6 is 11.3 Å². The second-order valence-electron chi connectivity index (χ2n) is 8.86. The fourth-order valence-corrected chi connectivity index (χ4v) is 6.31. The monoisotopic (exact) mass is 423 g/mol. The first-order valence-corrected chi connectivity index (χ1v) is 12.2. The summed E-state index contributed by atoms with van der Waals surface area (Å²) in [5.41, 5.74) is 2.29. The Kier molecular flexibility index (Phi) is 5.59. The van der Waals surface area contributed by atoms with Gasteiger partial charge in [0.25, 0.3) is 0 Å². The van der Waals surface area contributed by atoms with Crippen LogP contribution in [0.4, 0.5) is 5.69 Å². The average molecular weight is 424 g/mol. The highest BCUT2D eigenvalue weighted by Gasteiger charge is 2.42. The topological polar surface area (TPSA) is 53.5 Å². The number of anilines is 1. The number of likely N-dealkylation sites (tertiary alicyclic amines) is 1. The summed E-state index contributed by atoms with van der Waals surface area (Å²) < 4.78 is 0. The second-order valence-corrected chi connectivity index (χ2v) is 9.79. The molecule has 0 N–H and O–H groups in total. The number of amides is 2. The Morgan fingerprint density at radius 2 is 1.77 bits per heavy atom. The predicted molar refractivity (Wildman–Crippen MR) is 119 cm³/mol. The zero-order valence-corrected chi connectivity index (χ0v) is 18.2. The molecule has 2 fully saturated rings.